The van der Waals surface area contributed by atoms with Gasteiger partial charge >= 0.3 is 0 Å². The molecule has 8 heteroatoms. The second-order valence-electron chi connectivity index (χ2n) is 5.66. The monoisotopic (exact) mass is 353 g/mol. The van der Waals surface area contributed by atoms with E-state index in [2.05, 4.69) is 9.71 Å². The lowest BCUT2D eigenvalue weighted by atomic mass is 10.0. The van der Waals surface area contributed by atoms with Crippen molar-refractivity contribution >= 4 is 21.4 Å². The minimum absolute atomic E-state index is 0.128. The van der Waals surface area contributed by atoms with Gasteiger partial charge in [0.05, 0.1) is 12.0 Å². The Hall–Kier alpha value is -1.51. The summed E-state index contributed by atoms with van der Waals surface area (Å²) in [6.45, 7) is 0.423. The zero-order valence-corrected chi connectivity index (χ0v) is 14.3. The van der Waals surface area contributed by atoms with Crippen LogP contribution in [0.4, 0.5) is 0 Å². The van der Waals surface area contributed by atoms with Gasteiger partial charge in [-0.05, 0) is 24.3 Å². The zero-order chi connectivity index (χ0) is 16.3. The molecule has 124 valence electrons. The highest BCUT2D eigenvalue weighted by Gasteiger charge is 2.19. The number of aromatic nitrogens is 2. The standard InChI is InChI=1S/C15H19N3O3S2/c19-14-10-13(12-4-1-2-5-12)16-11-18(14)8-7-17-23(20,21)15-6-3-9-22-15/h3,6,9-12,17H,1-2,4-5,7-8H2. The van der Waals surface area contributed by atoms with E-state index >= 15 is 0 Å². The van der Waals surface area contributed by atoms with E-state index in [1.807, 2.05) is 0 Å². The van der Waals surface area contributed by atoms with E-state index in [4.69, 9.17) is 0 Å². The van der Waals surface area contributed by atoms with Crippen LogP contribution in [0.5, 0.6) is 0 Å². The number of nitrogens with zero attached hydrogens (tertiary/aromatic N) is 2. The number of sulfonamides is 1. The van der Waals surface area contributed by atoms with Gasteiger partial charge < -0.3 is 0 Å². The molecule has 1 saturated carbocycles. The Morgan fingerprint density at radius 3 is 2.78 bits per heavy atom. The maximum absolute atomic E-state index is 12.1. The van der Waals surface area contributed by atoms with Crippen LogP contribution >= 0.6 is 11.3 Å². The lowest BCUT2D eigenvalue weighted by Crippen LogP contribution is -2.30. The first-order valence-electron chi connectivity index (χ1n) is 7.66. The topological polar surface area (TPSA) is 81.1 Å². The average Bonchev–Trinajstić information content (AvgIpc) is 3.22. The molecule has 3 rings (SSSR count). The van der Waals surface area contributed by atoms with Crippen molar-refractivity contribution in [3.05, 3.63) is 46.0 Å². The van der Waals surface area contributed by atoms with Crippen molar-refractivity contribution in [1.29, 1.82) is 0 Å². The van der Waals surface area contributed by atoms with Gasteiger partial charge in [0.2, 0.25) is 10.0 Å². The summed E-state index contributed by atoms with van der Waals surface area (Å²) in [6, 6.07) is 4.83. The minimum atomic E-state index is -3.49. The lowest BCUT2D eigenvalue weighted by Gasteiger charge is -2.10. The molecule has 0 aromatic carbocycles. The van der Waals surface area contributed by atoms with E-state index in [-0.39, 0.29) is 22.9 Å². The van der Waals surface area contributed by atoms with Gasteiger partial charge in [-0.25, -0.2) is 18.1 Å². The lowest BCUT2D eigenvalue weighted by molar-refractivity contribution is 0.568. The van der Waals surface area contributed by atoms with Crippen molar-refractivity contribution in [2.24, 2.45) is 0 Å². The predicted octanol–water partition coefficient (Wildman–Crippen LogP) is 1.94. The third-order valence-electron chi connectivity index (χ3n) is 4.08. The first-order chi connectivity index (χ1) is 11.1. The molecule has 0 atom stereocenters. The first-order valence-corrected chi connectivity index (χ1v) is 10.0. The van der Waals surface area contributed by atoms with Crippen molar-refractivity contribution in [3.8, 4) is 0 Å². The second kappa shape index (κ2) is 6.94. The van der Waals surface area contributed by atoms with Crippen molar-refractivity contribution in [3.63, 3.8) is 0 Å². The van der Waals surface area contributed by atoms with E-state index in [1.165, 1.54) is 23.7 Å². The zero-order valence-electron chi connectivity index (χ0n) is 12.6. The molecule has 6 nitrogen and oxygen atoms in total. The van der Waals surface area contributed by atoms with E-state index < -0.39 is 10.0 Å². The molecular formula is C15H19N3O3S2. The van der Waals surface area contributed by atoms with Crippen molar-refractivity contribution in [2.45, 2.75) is 42.4 Å². The molecule has 0 aliphatic heterocycles. The van der Waals surface area contributed by atoms with Gasteiger partial charge in [0, 0.05) is 25.1 Å². The minimum Gasteiger partial charge on any atom is -0.298 e. The fraction of sp³-hybridized carbons (Fsp3) is 0.467. The summed E-state index contributed by atoms with van der Waals surface area (Å²) in [5, 5.41) is 1.71. The molecule has 2 aromatic heterocycles. The summed E-state index contributed by atoms with van der Waals surface area (Å²) >= 11 is 1.16. The second-order valence-corrected chi connectivity index (χ2v) is 8.60. The van der Waals surface area contributed by atoms with Crippen molar-refractivity contribution in [1.82, 2.24) is 14.3 Å². The van der Waals surface area contributed by atoms with E-state index in [0.29, 0.717) is 5.92 Å². The molecule has 1 aliphatic rings. The van der Waals surface area contributed by atoms with Gasteiger partial charge in [-0.15, -0.1) is 11.3 Å². The van der Waals surface area contributed by atoms with E-state index in [0.717, 1.165) is 29.9 Å². The van der Waals surface area contributed by atoms with Crippen LogP contribution in [-0.4, -0.2) is 24.5 Å². The average molecular weight is 353 g/mol. The van der Waals surface area contributed by atoms with Gasteiger partial charge in [-0.3, -0.25) is 9.36 Å². The molecule has 0 amide bonds. The highest BCUT2D eigenvalue weighted by atomic mass is 32.2. The SMILES string of the molecule is O=c1cc(C2CCCC2)ncn1CCNS(=O)(=O)c1cccs1. The highest BCUT2D eigenvalue weighted by molar-refractivity contribution is 7.91. The number of hydrogen-bond acceptors (Lipinski definition) is 5. The summed E-state index contributed by atoms with van der Waals surface area (Å²) in [5.74, 6) is 0.398. The predicted molar refractivity (Wildman–Crippen MR) is 89.2 cm³/mol. The number of hydrogen-bond donors (Lipinski definition) is 1. The van der Waals surface area contributed by atoms with Crippen LogP contribution in [0.1, 0.15) is 37.3 Å². The van der Waals surface area contributed by atoms with Crippen molar-refractivity contribution < 1.29 is 8.42 Å². The summed E-state index contributed by atoms with van der Waals surface area (Å²) in [6.07, 6.45) is 6.10. The van der Waals surface area contributed by atoms with Crippen LogP contribution in [0.2, 0.25) is 0 Å². The third-order valence-corrected chi connectivity index (χ3v) is 6.94. The molecule has 2 aromatic rings. The molecular weight excluding hydrogens is 334 g/mol. The van der Waals surface area contributed by atoms with Crippen LogP contribution < -0.4 is 10.3 Å². The normalized spacial score (nSPS) is 16.0. The van der Waals surface area contributed by atoms with Crippen LogP contribution in [0.15, 0.2) is 38.9 Å². The molecule has 0 bridgehead atoms. The van der Waals surface area contributed by atoms with Gasteiger partial charge in [0.1, 0.15) is 4.21 Å². The number of rotatable bonds is 6. The first kappa shape index (κ1) is 16.4. The van der Waals surface area contributed by atoms with Crippen LogP contribution in [0.3, 0.4) is 0 Å². The molecule has 1 fully saturated rings. The summed E-state index contributed by atoms with van der Waals surface area (Å²) in [4.78, 5) is 16.5. The third kappa shape index (κ3) is 3.88. The van der Waals surface area contributed by atoms with Crippen LogP contribution in [0, 0.1) is 0 Å². The molecule has 0 spiro atoms. The van der Waals surface area contributed by atoms with E-state index in [1.54, 1.807) is 23.6 Å². The Morgan fingerprint density at radius 1 is 1.35 bits per heavy atom. The maximum Gasteiger partial charge on any atom is 0.253 e. The molecule has 0 radical (unpaired) electrons. The summed E-state index contributed by atoms with van der Waals surface area (Å²) in [7, 11) is -3.49. The quantitative estimate of drug-likeness (QED) is 0.860. The smallest absolute Gasteiger partial charge is 0.253 e. The van der Waals surface area contributed by atoms with Gasteiger partial charge in [0.25, 0.3) is 5.56 Å². The maximum atomic E-state index is 12.1. The highest BCUT2D eigenvalue weighted by Crippen LogP contribution is 2.32. The molecule has 1 aliphatic carbocycles. The van der Waals surface area contributed by atoms with Crippen molar-refractivity contribution in [2.75, 3.05) is 6.54 Å². The molecule has 1 N–H and O–H groups in total. The van der Waals surface area contributed by atoms with Crippen LogP contribution in [0.25, 0.3) is 0 Å². The number of nitrogens with one attached hydrogen (secondary N) is 1. The molecule has 0 unspecified atom stereocenters. The Kier molecular flexibility index (Phi) is 4.93. The summed E-state index contributed by atoms with van der Waals surface area (Å²) < 4.78 is 28.2. The Labute approximate surface area is 139 Å². The molecule has 23 heavy (non-hydrogen) atoms. The molecule has 2 heterocycles. The Morgan fingerprint density at radius 2 is 2.13 bits per heavy atom. The number of thiophene rings is 1. The fourth-order valence-electron chi connectivity index (χ4n) is 2.84. The van der Waals surface area contributed by atoms with Crippen LogP contribution in [-0.2, 0) is 16.6 Å². The molecule has 0 saturated heterocycles. The Bertz CT molecular complexity index is 807. The van der Waals surface area contributed by atoms with E-state index in [9.17, 15) is 13.2 Å². The fourth-order valence-corrected chi connectivity index (χ4v) is 4.90. The van der Waals surface area contributed by atoms with Gasteiger partial charge in [-0.1, -0.05) is 18.9 Å². The van der Waals surface area contributed by atoms with Gasteiger partial charge in [-0.2, -0.15) is 0 Å². The summed E-state index contributed by atoms with van der Waals surface area (Å²) in [5.41, 5.74) is 0.736. The van der Waals surface area contributed by atoms with Gasteiger partial charge in [0.15, 0.2) is 0 Å². The Balaban J connectivity index is 1.61. The largest absolute Gasteiger partial charge is 0.298 e.